The van der Waals surface area contributed by atoms with E-state index in [0.717, 1.165) is 15.0 Å². The van der Waals surface area contributed by atoms with Gasteiger partial charge in [-0.1, -0.05) is 59.5 Å². The molecule has 7 heteroatoms. The van der Waals surface area contributed by atoms with Gasteiger partial charge in [0, 0.05) is 13.1 Å². The summed E-state index contributed by atoms with van der Waals surface area (Å²) in [6, 6.07) is 9.84. The molecule has 0 spiro atoms. The maximum atomic E-state index is 12.1. The van der Waals surface area contributed by atoms with E-state index in [0.29, 0.717) is 13.1 Å². The monoisotopic (exact) mass is 334 g/mol. The Bertz CT molecular complexity index is 615. The van der Waals surface area contributed by atoms with Crippen LogP contribution in [0.1, 0.15) is 12.5 Å². The molecule has 2 N–H and O–H groups in total. The van der Waals surface area contributed by atoms with Crippen LogP contribution in [-0.2, 0) is 11.3 Å². The number of aromatic nitrogens is 2. The number of anilines is 1. The van der Waals surface area contributed by atoms with E-state index in [-0.39, 0.29) is 11.2 Å². The number of nitrogens with zero attached hydrogens (tertiary/aromatic N) is 2. The topological polar surface area (TPSA) is 66.9 Å². The fourth-order valence-electron chi connectivity index (χ4n) is 1.62. The first kappa shape index (κ1) is 16.5. The van der Waals surface area contributed by atoms with E-state index >= 15 is 0 Å². The molecule has 22 heavy (non-hydrogen) atoms. The van der Waals surface area contributed by atoms with Crippen molar-refractivity contribution in [3.05, 3.63) is 48.6 Å². The van der Waals surface area contributed by atoms with E-state index in [1.165, 1.54) is 23.1 Å². The van der Waals surface area contributed by atoms with E-state index in [9.17, 15) is 4.79 Å². The van der Waals surface area contributed by atoms with Gasteiger partial charge in [-0.05, 0) is 12.5 Å². The number of hydrogen-bond donors (Lipinski definition) is 2. The largest absolute Gasteiger partial charge is 0.357 e. The van der Waals surface area contributed by atoms with Crippen molar-refractivity contribution in [2.45, 2.75) is 23.1 Å². The third-order valence-electron chi connectivity index (χ3n) is 2.76. The minimum absolute atomic E-state index is 0.00958. The molecule has 0 bridgehead atoms. The number of thioether (sulfide) groups is 1. The molecule has 2 rings (SSSR count). The van der Waals surface area contributed by atoms with E-state index in [2.05, 4.69) is 27.4 Å². The minimum atomic E-state index is -0.219. The number of amides is 1. The summed E-state index contributed by atoms with van der Waals surface area (Å²) in [4.78, 5) is 12.1. The lowest BCUT2D eigenvalue weighted by Gasteiger charge is -2.10. The second-order valence-electron chi connectivity index (χ2n) is 4.51. The third kappa shape index (κ3) is 5.16. The second kappa shape index (κ2) is 8.55. The van der Waals surface area contributed by atoms with E-state index in [1.807, 2.05) is 37.3 Å². The highest BCUT2D eigenvalue weighted by Crippen LogP contribution is 2.28. The molecule has 0 aliphatic heterocycles. The second-order valence-corrected chi connectivity index (χ2v) is 7.07. The van der Waals surface area contributed by atoms with Crippen LogP contribution in [0, 0.1) is 0 Å². The van der Waals surface area contributed by atoms with Crippen LogP contribution in [0.4, 0.5) is 5.13 Å². The van der Waals surface area contributed by atoms with Gasteiger partial charge in [-0.25, -0.2) is 0 Å². The Labute approximate surface area is 138 Å². The predicted octanol–water partition coefficient (Wildman–Crippen LogP) is 2.93. The maximum absolute atomic E-state index is 12.1. The van der Waals surface area contributed by atoms with Gasteiger partial charge in [0.15, 0.2) is 4.34 Å². The quantitative estimate of drug-likeness (QED) is 0.574. The first-order chi connectivity index (χ1) is 10.7. The average molecular weight is 334 g/mol. The summed E-state index contributed by atoms with van der Waals surface area (Å²) in [5.74, 6) is -0.00958. The summed E-state index contributed by atoms with van der Waals surface area (Å²) < 4.78 is 0.772. The van der Waals surface area contributed by atoms with Gasteiger partial charge in [0.25, 0.3) is 0 Å². The summed E-state index contributed by atoms with van der Waals surface area (Å²) in [6.45, 7) is 6.68. The van der Waals surface area contributed by atoms with Crippen molar-refractivity contribution in [2.24, 2.45) is 0 Å². The molecule has 1 amide bonds. The lowest BCUT2D eigenvalue weighted by Crippen LogP contribution is -2.30. The Morgan fingerprint density at radius 3 is 2.91 bits per heavy atom. The molecule has 1 aromatic heterocycles. The van der Waals surface area contributed by atoms with Gasteiger partial charge in [0.05, 0.1) is 5.25 Å². The minimum Gasteiger partial charge on any atom is -0.357 e. The Hall–Kier alpha value is -1.86. The fraction of sp³-hybridized carbons (Fsp3) is 0.267. The Morgan fingerprint density at radius 2 is 2.18 bits per heavy atom. The van der Waals surface area contributed by atoms with Crippen molar-refractivity contribution in [3.63, 3.8) is 0 Å². The van der Waals surface area contributed by atoms with Crippen molar-refractivity contribution >= 4 is 34.1 Å². The van der Waals surface area contributed by atoms with Crippen LogP contribution >= 0.6 is 23.1 Å². The zero-order chi connectivity index (χ0) is 15.8. The van der Waals surface area contributed by atoms with Gasteiger partial charge in [-0.2, -0.15) is 0 Å². The van der Waals surface area contributed by atoms with Crippen LogP contribution in [-0.4, -0.2) is 27.9 Å². The van der Waals surface area contributed by atoms with Gasteiger partial charge < -0.3 is 10.6 Å². The van der Waals surface area contributed by atoms with Crippen LogP contribution in [0.5, 0.6) is 0 Å². The third-order valence-corrected chi connectivity index (χ3v) is 4.83. The van der Waals surface area contributed by atoms with Gasteiger partial charge in [0.2, 0.25) is 11.0 Å². The molecule has 0 aliphatic rings. The summed E-state index contributed by atoms with van der Waals surface area (Å²) in [5.41, 5.74) is 1.08. The number of benzene rings is 1. The first-order valence-electron chi connectivity index (χ1n) is 6.85. The molecule has 0 fully saturated rings. The Kier molecular flexibility index (Phi) is 6.42. The summed E-state index contributed by atoms with van der Waals surface area (Å²) >= 11 is 2.84. The van der Waals surface area contributed by atoms with Crippen LogP contribution < -0.4 is 10.6 Å². The molecule has 116 valence electrons. The standard InChI is InChI=1S/C15H18N4OS2/c1-3-9-16-14-18-19-15(22-14)21-11(2)13(20)17-10-12-7-5-4-6-8-12/h3-8,11H,1,9-10H2,2H3,(H,16,18)(H,17,20). The summed E-state index contributed by atoms with van der Waals surface area (Å²) in [6.07, 6.45) is 1.76. The normalized spacial score (nSPS) is 11.7. The molecule has 2 aromatic rings. The van der Waals surface area contributed by atoms with E-state index in [1.54, 1.807) is 6.08 Å². The molecule has 1 heterocycles. The molecular formula is C15H18N4OS2. The molecule has 1 unspecified atom stereocenters. The summed E-state index contributed by atoms with van der Waals surface area (Å²) in [7, 11) is 0. The fourth-order valence-corrected chi connectivity index (χ4v) is 3.55. The summed E-state index contributed by atoms with van der Waals surface area (Å²) in [5, 5.41) is 14.6. The number of rotatable bonds is 8. The van der Waals surface area contributed by atoms with Crippen LogP contribution in [0.15, 0.2) is 47.3 Å². The highest BCUT2D eigenvalue weighted by atomic mass is 32.2. The van der Waals surface area contributed by atoms with Crippen LogP contribution in [0.25, 0.3) is 0 Å². The van der Waals surface area contributed by atoms with Crippen LogP contribution in [0.2, 0.25) is 0 Å². The van der Waals surface area contributed by atoms with Crippen molar-refractivity contribution in [2.75, 3.05) is 11.9 Å². The SMILES string of the molecule is C=CCNc1nnc(SC(C)C(=O)NCc2ccccc2)s1. The molecule has 1 aromatic carbocycles. The molecule has 0 radical (unpaired) electrons. The highest BCUT2D eigenvalue weighted by molar-refractivity contribution is 8.02. The van der Waals surface area contributed by atoms with E-state index in [4.69, 9.17) is 0 Å². The molecule has 5 nitrogen and oxygen atoms in total. The first-order valence-corrected chi connectivity index (χ1v) is 8.55. The zero-order valence-electron chi connectivity index (χ0n) is 12.3. The van der Waals surface area contributed by atoms with Gasteiger partial charge in [0.1, 0.15) is 0 Å². The molecular weight excluding hydrogens is 316 g/mol. The molecule has 0 aliphatic carbocycles. The number of carbonyl (C=O) groups excluding carboxylic acids is 1. The van der Waals surface area contributed by atoms with Gasteiger partial charge in [-0.15, -0.1) is 16.8 Å². The zero-order valence-corrected chi connectivity index (χ0v) is 13.9. The number of carbonyl (C=O) groups is 1. The lowest BCUT2D eigenvalue weighted by molar-refractivity contribution is -0.120. The van der Waals surface area contributed by atoms with Crippen LogP contribution in [0.3, 0.4) is 0 Å². The van der Waals surface area contributed by atoms with Gasteiger partial charge >= 0.3 is 0 Å². The smallest absolute Gasteiger partial charge is 0.233 e. The Balaban J connectivity index is 1.80. The van der Waals surface area contributed by atoms with E-state index < -0.39 is 0 Å². The number of nitrogens with one attached hydrogen (secondary N) is 2. The predicted molar refractivity (Wildman–Crippen MR) is 92.2 cm³/mol. The van der Waals surface area contributed by atoms with Crippen molar-refractivity contribution < 1.29 is 4.79 Å². The highest BCUT2D eigenvalue weighted by Gasteiger charge is 2.16. The van der Waals surface area contributed by atoms with Gasteiger partial charge in [-0.3, -0.25) is 4.79 Å². The number of hydrogen-bond acceptors (Lipinski definition) is 6. The van der Waals surface area contributed by atoms with Crippen molar-refractivity contribution in [3.8, 4) is 0 Å². The molecule has 0 saturated carbocycles. The van der Waals surface area contributed by atoms with Crippen molar-refractivity contribution in [1.29, 1.82) is 0 Å². The molecule has 1 atom stereocenters. The van der Waals surface area contributed by atoms with Crippen molar-refractivity contribution in [1.82, 2.24) is 15.5 Å². The average Bonchev–Trinajstić information content (AvgIpc) is 2.99. The lowest BCUT2D eigenvalue weighted by atomic mass is 10.2. The maximum Gasteiger partial charge on any atom is 0.233 e. The molecule has 0 saturated heterocycles. The Morgan fingerprint density at radius 1 is 1.41 bits per heavy atom.